The number of hydrogen-bond acceptors (Lipinski definition) is 3. The Labute approximate surface area is 170 Å². The number of aromatic hydroxyl groups is 1. The number of fused-ring (bicyclic) bond motifs is 3. The quantitative estimate of drug-likeness (QED) is 0.630. The minimum Gasteiger partial charge on any atom is -0.508 e. The van der Waals surface area contributed by atoms with Crippen LogP contribution in [0.3, 0.4) is 0 Å². The van der Waals surface area contributed by atoms with Crippen molar-refractivity contribution in [2.24, 2.45) is 0 Å². The lowest BCUT2D eigenvalue weighted by molar-refractivity contribution is 0.144. The molecule has 0 fully saturated rings. The molecule has 0 unspecified atom stereocenters. The SMILES string of the molecule is Cc1cc(O)ccc1C=CCNC(=O)OCC1c2ccccc2-c2ccccc21. The summed E-state index contributed by atoms with van der Waals surface area (Å²) in [6.45, 7) is 2.61. The third-order valence-electron chi connectivity index (χ3n) is 5.26. The van der Waals surface area contributed by atoms with Gasteiger partial charge in [-0.15, -0.1) is 0 Å². The summed E-state index contributed by atoms with van der Waals surface area (Å²) in [6.07, 6.45) is 3.35. The second kappa shape index (κ2) is 8.23. The van der Waals surface area contributed by atoms with Gasteiger partial charge in [0.25, 0.3) is 0 Å². The number of ether oxygens (including phenoxy) is 1. The fourth-order valence-corrected chi connectivity index (χ4v) is 3.82. The second-order valence-corrected chi connectivity index (χ2v) is 7.15. The van der Waals surface area contributed by atoms with Crippen molar-refractivity contribution < 1.29 is 14.6 Å². The van der Waals surface area contributed by atoms with E-state index in [1.807, 2.05) is 49.4 Å². The molecule has 3 aromatic rings. The normalized spacial score (nSPS) is 12.6. The number of aryl methyl sites for hydroxylation is 1. The van der Waals surface area contributed by atoms with Gasteiger partial charge in [-0.3, -0.25) is 0 Å². The number of benzene rings is 3. The predicted octanol–water partition coefficient (Wildman–Crippen LogP) is 5.25. The Balaban J connectivity index is 1.34. The van der Waals surface area contributed by atoms with Gasteiger partial charge < -0.3 is 15.2 Å². The van der Waals surface area contributed by atoms with E-state index in [9.17, 15) is 9.90 Å². The van der Waals surface area contributed by atoms with Gasteiger partial charge in [-0.1, -0.05) is 66.7 Å². The van der Waals surface area contributed by atoms with Crippen molar-refractivity contribution in [1.82, 2.24) is 5.32 Å². The first-order valence-corrected chi connectivity index (χ1v) is 9.68. The number of rotatable bonds is 5. The molecule has 0 saturated carbocycles. The average molecular weight is 385 g/mol. The van der Waals surface area contributed by atoms with Crippen LogP contribution < -0.4 is 5.32 Å². The molecule has 1 aliphatic carbocycles. The average Bonchev–Trinajstić information content (AvgIpc) is 3.05. The number of amides is 1. The molecule has 0 atom stereocenters. The zero-order valence-corrected chi connectivity index (χ0v) is 16.3. The Morgan fingerprint density at radius 2 is 1.69 bits per heavy atom. The molecule has 1 aliphatic rings. The Hall–Kier alpha value is -3.53. The number of hydrogen-bond donors (Lipinski definition) is 2. The molecule has 0 heterocycles. The highest BCUT2D eigenvalue weighted by Crippen LogP contribution is 2.44. The van der Waals surface area contributed by atoms with Crippen molar-refractivity contribution in [3.8, 4) is 16.9 Å². The lowest BCUT2D eigenvalue weighted by Gasteiger charge is -2.14. The van der Waals surface area contributed by atoms with Gasteiger partial charge in [0.15, 0.2) is 0 Å². The van der Waals surface area contributed by atoms with Crippen molar-refractivity contribution >= 4 is 12.2 Å². The van der Waals surface area contributed by atoms with Gasteiger partial charge in [-0.05, 0) is 52.4 Å². The zero-order valence-electron chi connectivity index (χ0n) is 16.3. The monoisotopic (exact) mass is 385 g/mol. The fraction of sp³-hybridized carbons (Fsp3) is 0.160. The molecule has 2 N–H and O–H groups in total. The smallest absolute Gasteiger partial charge is 0.407 e. The lowest BCUT2D eigenvalue weighted by Crippen LogP contribution is -2.26. The summed E-state index contributed by atoms with van der Waals surface area (Å²) in [6, 6.07) is 21.7. The summed E-state index contributed by atoms with van der Waals surface area (Å²) >= 11 is 0. The van der Waals surface area contributed by atoms with Gasteiger partial charge in [-0.2, -0.15) is 0 Å². The van der Waals surface area contributed by atoms with E-state index in [-0.39, 0.29) is 11.7 Å². The first-order chi connectivity index (χ1) is 14.1. The van der Waals surface area contributed by atoms with Crippen molar-refractivity contribution in [3.63, 3.8) is 0 Å². The van der Waals surface area contributed by atoms with Gasteiger partial charge >= 0.3 is 6.09 Å². The summed E-state index contributed by atoms with van der Waals surface area (Å²) < 4.78 is 5.51. The van der Waals surface area contributed by atoms with Crippen LogP contribution >= 0.6 is 0 Å². The van der Waals surface area contributed by atoms with Crippen LogP contribution in [0, 0.1) is 6.92 Å². The topological polar surface area (TPSA) is 58.6 Å². The van der Waals surface area contributed by atoms with Gasteiger partial charge in [0.2, 0.25) is 0 Å². The highest BCUT2D eigenvalue weighted by molar-refractivity contribution is 5.79. The molecular formula is C25H23NO3. The Morgan fingerprint density at radius 1 is 1.03 bits per heavy atom. The third kappa shape index (κ3) is 4.02. The van der Waals surface area contributed by atoms with E-state index in [0.29, 0.717) is 13.2 Å². The first-order valence-electron chi connectivity index (χ1n) is 9.68. The van der Waals surface area contributed by atoms with Crippen molar-refractivity contribution in [1.29, 1.82) is 0 Å². The van der Waals surface area contributed by atoms with E-state index in [0.717, 1.165) is 11.1 Å². The fourth-order valence-electron chi connectivity index (χ4n) is 3.82. The van der Waals surface area contributed by atoms with Crippen molar-refractivity contribution in [2.75, 3.05) is 13.2 Å². The standard InChI is InChI=1S/C25H23NO3/c1-17-15-19(27)13-12-18(17)7-6-14-26-25(28)29-16-24-22-10-4-2-8-20(22)21-9-3-5-11-23(21)24/h2-13,15,24,27H,14,16H2,1H3,(H,26,28). The minimum absolute atomic E-state index is 0.0586. The zero-order chi connectivity index (χ0) is 20.2. The van der Waals surface area contributed by atoms with Gasteiger partial charge in [0.1, 0.15) is 12.4 Å². The summed E-state index contributed by atoms with van der Waals surface area (Å²) in [4.78, 5) is 12.1. The van der Waals surface area contributed by atoms with Crippen LogP contribution in [0.25, 0.3) is 17.2 Å². The number of phenols is 1. The molecular weight excluding hydrogens is 362 g/mol. The molecule has 1 amide bonds. The summed E-state index contributed by atoms with van der Waals surface area (Å²) in [5.74, 6) is 0.305. The Morgan fingerprint density at radius 3 is 2.34 bits per heavy atom. The molecule has 29 heavy (non-hydrogen) atoms. The predicted molar refractivity (Wildman–Crippen MR) is 115 cm³/mol. The summed E-state index contributed by atoms with van der Waals surface area (Å²) in [5.41, 5.74) is 6.79. The lowest BCUT2D eigenvalue weighted by atomic mass is 9.98. The number of alkyl carbamates (subject to hydrolysis) is 1. The summed E-state index contributed by atoms with van der Waals surface area (Å²) in [7, 11) is 0. The van der Waals surface area contributed by atoms with Crippen LogP contribution in [0.5, 0.6) is 5.75 Å². The van der Waals surface area contributed by atoms with Crippen LogP contribution in [-0.2, 0) is 4.74 Å². The van der Waals surface area contributed by atoms with Crippen molar-refractivity contribution in [3.05, 3.63) is 95.1 Å². The third-order valence-corrected chi connectivity index (χ3v) is 5.26. The minimum atomic E-state index is -0.432. The maximum Gasteiger partial charge on any atom is 0.407 e. The van der Waals surface area contributed by atoms with Crippen LogP contribution in [0.2, 0.25) is 0 Å². The number of phenolic OH excluding ortho intramolecular Hbond substituents is 1. The first kappa shape index (κ1) is 18.8. The number of carbonyl (C=O) groups excluding carboxylic acids is 1. The number of carbonyl (C=O) groups is 1. The van der Waals surface area contributed by atoms with Crippen LogP contribution in [-0.4, -0.2) is 24.4 Å². The molecule has 146 valence electrons. The van der Waals surface area contributed by atoms with Gasteiger partial charge in [-0.25, -0.2) is 4.79 Å². The van der Waals surface area contributed by atoms with E-state index in [1.54, 1.807) is 12.1 Å². The van der Waals surface area contributed by atoms with E-state index in [4.69, 9.17) is 4.74 Å². The maximum atomic E-state index is 12.1. The molecule has 4 rings (SSSR count). The molecule has 0 spiro atoms. The van der Waals surface area contributed by atoms with E-state index in [2.05, 4.69) is 29.6 Å². The van der Waals surface area contributed by atoms with Gasteiger partial charge in [0.05, 0.1) is 0 Å². The summed E-state index contributed by atoms with van der Waals surface area (Å²) in [5, 5.41) is 12.2. The highest BCUT2D eigenvalue weighted by Gasteiger charge is 2.28. The van der Waals surface area contributed by atoms with Crippen molar-refractivity contribution in [2.45, 2.75) is 12.8 Å². The van der Waals surface area contributed by atoms with E-state index < -0.39 is 6.09 Å². The van der Waals surface area contributed by atoms with Gasteiger partial charge in [0, 0.05) is 12.5 Å². The molecule has 0 aromatic heterocycles. The van der Waals surface area contributed by atoms with E-state index >= 15 is 0 Å². The highest BCUT2D eigenvalue weighted by atomic mass is 16.5. The van der Waals surface area contributed by atoms with Crippen LogP contribution in [0.15, 0.2) is 72.8 Å². The largest absolute Gasteiger partial charge is 0.508 e. The molecule has 4 nitrogen and oxygen atoms in total. The van der Waals surface area contributed by atoms with E-state index in [1.165, 1.54) is 22.3 Å². The molecule has 4 heteroatoms. The molecule has 0 bridgehead atoms. The maximum absolute atomic E-state index is 12.1. The Kier molecular flexibility index (Phi) is 5.34. The molecule has 3 aromatic carbocycles. The number of nitrogens with one attached hydrogen (secondary N) is 1. The molecule has 0 saturated heterocycles. The molecule has 0 aliphatic heterocycles. The van der Waals surface area contributed by atoms with Crippen LogP contribution in [0.4, 0.5) is 4.79 Å². The van der Waals surface area contributed by atoms with Crippen LogP contribution in [0.1, 0.15) is 28.2 Å². The molecule has 0 radical (unpaired) electrons. The second-order valence-electron chi connectivity index (χ2n) is 7.15. The Bertz CT molecular complexity index is 1030.